The van der Waals surface area contributed by atoms with E-state index >= 15 is 0 Å². The van der Waals surface area contributed by atoms with Gasteiger partial charge in [-0.1, -0.05) is 6.07 Å². The Kier molecular flexibility index (Phi) is 5.27. The molecule has 0 saturated carbocycles. The Morgan fingerprint density at radius 3 is 2.86 bits per heavy atom. The lowest BCUT2D eigenvalue weighted by Gasteiger charge is -2.31. The summed E-state index contributed by atoms with van der Waals surface area (Å²) in [5.74, 6) is -0.0364. The number of hydrogen-bond donors (Lipinski definition) is 1. The van der Waals surface area contributed by atoms with Gasteiger partial charge in [-0.2, -0.15) is 0 Å². The first-order valence-corrected chi connectivity index (χ1v) is 7.21. The predicted octanol–water partition coefficient (Wildman–Crippen LogP) is 0.0896. The van der Waals surface area contributed by atoms with Gasteiger partial charge in [0.05, 0.1) is 6.61 Å². The van der Waals surface area contributed by atoms with Crippen LogP contribution in [0.3, 0.4) is 0 Å². The van der Waals surface area contributed by atoms with Crippen molar-refractivity contribution in [3.63, 3.8) is 0 Å². The predicted molar refractivity (Wildman–Crippen MR) is 80.6 cm³/mol. The fraction of sp³-hybridized carbons (Fsp3) is 0.600. The van der Waals surface area contributed by atoms with Crippen molar-refractivity contribution < 1.29 is 9.53 Å². The monoisotopic (exact) mass is 292 g/mol. The van der Waals surface area contributed by atoms with Crippen LogP contribution in [0.15, 0.2) is 24.5 Å². The summed E-state index contributed by atoms with van der Waals surface area (Å²) in [6.07, 6.45) is 4.09. The van der Waals surface area contributed by atoms with Gasteiger partial charge in [0.2, 0.25) is 5.91 Å². The van der Waals surface area contributed by atoms with Crippen molar-refractivity contribution in [1.82, 2.24) is 14.8 Å². The van der Waals surface area contributed by atoms with E-state index in [4.69, 9.17) is 10.5 Å². The van der Waals surface area contributed by atoms with Crippen molar-refractivity contribution in [2.75, 3.05) is 40.4 Å². The van der Waals surface area contributed by atoms with E-state index in [1.54, 1.807) is 12.4 Å². The maximum atomic E-state index is 12.8. The second-order valence-corrected chi connectivity index (χ2v) is 5.85. The van der Waals surface area contributed by atoms with Crippen molar-refractivity contribution in [2.45, 2.75) is 18.5 Å². The fourth-order valence-corrected chi connectivity index (χ4v) is 2.35. The fourth-order valence-electron chi connectivity index (χ4n) is 2.35. The number of carbonyl (C=O) groups excluding carboxylic acids is 1. The molecule has 1 atom stereocenters. The summed E-state index contributed by atoms with van der Waals surface area (Å²) in [6, 6.07) is 3.85. The third kappa shape index (κ3) is 4.23. The van der Waals surface area contributed by atoms with E-state index in [9.17, 15) is 4.79 Å². The molecule has 1 aromatic heterocycles. The molecule has 1 fully saturated rings. The molecule has 2 heterocycles. The Morgan fingerprint density at radius 2 is 2.29 bits per heavy atom. The number of aromatic nitrogens is 1. The van der Waals surface area contributed by atoms with Gasteiger partial charge in [0, 0.05) is 38.6 Å². The maximum Gasteiger partial charge on any atom is 0.245 e. The van der Waals surface area contributed by atoms with E-state index in [1.807, 2.05) is 31.1 Å². The highest BCUT2D eigenvalue weighted by atomic mass is 16.5. The second kappa shape index (κ2) is 6.98. The third-order valence-electron chi connectivity index (χ3n) is 3.68. The van der Waals surface area contributed by atoms with E-state index in [1.165, 1.54) is 0 Å². The average molecular weight is 292 g/mol. The molecule has 6 nitrogen and oxygen atoms in total. The van der Waals surface area contributed by atoms with Gasteiger partial charge in [0.1, 0.15) is 5.54 Å². The molecule has 1 aliphatic heterocycles. The lowest BCUT2D eigenvalue weighted by molar-refractivity contribution is -0.137. The number of nitrogens with zero attached hydrogens (tertiary/aromatic N) is 3. The number of carbonyl (C=O) groups is 1. The molecule has 116 valence electrons. The topological polar surface area (TPSA) is 71.7 Å². The van der Waals surface area contributed by atoms with Gasteiger partial charge in [0.15, 0.2) is 0 Å². The zero-order chi connectivity index (χ0) is 15.3. The van der Waals surface area contributed by atoms with Crippen LogP contribution in [0.4, 0.5) is 0 Å². The van der Waals surface area contributed by atoms with E-state index in [0.717, 1.165) is 12.1 Å². The quantitative estimate of drug-likeness (QED) is 0.804. The Morgan fingerprint density at radius 1 is 1.48 bits per heavy atom. The summed E-state index contributed by atoms with van der Waals surface area (Å²) in [7, 11) is 3.98. The number of likely N-dealkylation sites (N-methyl/N-ethyl adjacent to an activating group) is 1. The summed E-state index contributed by atoms with van der Waals surface area (Å²) in [5.41, 5.74) is 6.34. The molecule has 1 unspecified atom stereocenters. The van der Waals surface area contributed by atoms with Gasteiger partial charge in [-0.05, 0) is 32.1 Å². The molecule has 1 aliphatic rings. The van der Waals surface area contributed by atoms with Crippen molar-refractivity contribution in [2.24, 2.45) is 5.73 Å². The van der Waals surface area contributed by atoms with E-state index in [0.29, 0.717) is 32.7 Å². The van der Waals surface area contributed by atoms with Crippen LogP contribution in [0, 0.1) is 0 Å². The number of amides is 1. The minimum Gasteiger partial charge on any atom is -0.379 e. The summed E-state index contributed by atoms with van der Waals surface area (Å²) in [4.78, 5) is 20.7. The molecular weight excluding hydrogens is 268 g/mol. The molecule has 0 bridgehead atoms. The van der Waals surface area contributed by atoms with Gasteiger partial charge in [-0.15, -0.1) is 0 Å². The zero-order valence-corrected chi connectivity index (χ0v) is 12.8. The van der Waals surface area contributed by atoms with Crippen LogP contribution in [-0.2, 0) is 16.1 Å². The molecular formula is C15H24N4O2. The molecule has 1 saturated heterocycles. The van der Waals surface area contributed by atoms with Crippen molar-refractivity contribution in [3.05, 3.63) is 30.1 Å². The van der Waals surface area contributed by atoms with Crippen molar-refractivity contribution in [3.8, 4) is 0 Å². The molecule has 0 aromatic carbocycles. The summed E-state index contributed by atoms with van der Waals surface area (Å²) in [6.45, 7) is 2.82. The minimum absolute atomic E-state index is 0.0364. The highest BCUT2D eigenvalue weighted by Gasteiger charge is 2.40. The first-order chi connectivity index (χ1) is 10.0. The highest BCUT2D eigenvalue weighted by Crippen LogP contribution is 2.19. The van der Waals surface area contributed by atoms with Crippen LogP contribution in [-0.4, -0.2) is 66.6 Å². The van der Waals surface area contributed by atoms with Crippen molar-refractivity contribution >= 4 is 5.91 Å². The zero-order valence-electron chi connectivity index (χ0n) is 12.8. The molecule has 0 radical (unpaired) electrons. The van der Waals surface area contributed by atoms with E-state index in [-0.39, 0.29) is 5.91 Å². The standard InChI is InChI=1S/C15H24N4O2/c1-18(2)7-8-19(11-13-4-3-6-17-10-13)14(20)15(16)5-9-21-12-15/h3-4,6,10H,5,7-9,11-12,16H2,1-2H3. The number of ether oxygens (including phenoxy) is 1. The van der Waals surface area contributed by atoms with Crippen LogP contribution in [0.5, 0.6) is 0 Å². The number of rotatable bonds is 6. The van der Waals surface area contributed by atoms with Crippen LogP contribution < -0.4 is 5.73 Å². The Labute approximate surface area is 125 Å². The van der Waals surface area contributed by atoms with Crippen LogP contribution in [0.25, 0.3) is 0 Å². The lowest BCUT2D eigenvalue weighted by Crippen LogP contribution is -2.56. The van der Waals surface area contributed by atoms with Crippen LogP contribution in [0.2, 0.25) is 0 Å². The Balaban J connectivity index is 2.09. The van der Waals surface area contributed by atoms with Crippen LogP contribution in [0.1, 0.15) is 12.0 Å². The highest BCUT2D eigenvalue weighted by molar-refractivity contribution is 5.86. The molecule has 1 aromatic rings. The van der Waals surface area contributed by atoms with E-state index < -0.39 is 5.54 Å². The lowest BCUT2D eigenvalue weighted by atomic mass is 9.98. The number of hydrogen-bond acceptors (Lipinski definition) is 5. The van der Waals surface area contributed by atoms with Gasteiger partial charge >= 0.3 is 0 Å². The average Bonchev–Trinajstić information content (AvgIpc) is 2.92. The van der Waals surface area contributed by atoms with E-state index in [2.05, 4.69) is 9.88 Å². The van der Waals surface area contributed by atoms with Crippen LogP contribution >= 0.6 is 0 Å². The number of nitrogens with two attached hydrogens (primary N) is 1. The normalized spacial score (nSPS) is 21.7. The molecule has 21 heavy (non-hydrogen) atoms. The van der Waals surface area contributed by atoms with Gasteiger partial charge in [-0.25, -0.2) is 0 Å². The van der Waals surface area contributed by atoms with Gasteiger partial charge < -0.3 is 20.3 Å². The first-order valence-electron chi connectivity index (χ1n) is 7.21. The molecule has 2 N–H and O–H groups in total. The first kappa shape index (κ1) is 15.9. The largest absolute Gasteiger partial charge is 0.379 e. The molecule has 2 rings (SSSR count). The van der Waals surface area contributed by atoms with Crippen molar-refractivity contribution in [1.29, 1.82) is 0 Å². The third-order valence-corrected chi connectivity index (χ3v) is 3.68. The minimum atomic E-state index is -0.880. The van der Waals surface area contributed by atoms with Gasteiger partial charge in [0.25, 0.3) is 0 Å². The summed E-state index contributed by atoms with van der Waals surface area (Å²) >= 11 is 0. The molecule has 6 heteroatoms. The Hall–Kier alpha value is -1.50. The summed E-state index contributed by atoms with van der Waals surface area (Å²) in [5, 5.41) is 0. The maximum absolute atomic E-state index is 12.8. The molecule has 0 aliphatic carbocycles. The SMILES string of the molecule is CN(C)CCN(Cc1cccnc1)C(=O)C1(N)CCOC1. The smallest absolute Gasteiger partial charge is 0.245 e. The van der Waals surface area contributed by atoms with Gasteiger partial charge in [-0.3, -0.25) is 9.78 Å². The molecule has 0 spiro atoms. The number of pyridine rings is 1. The second-order valence-electron chi connectivity index (χ2n) is 5.85. The summed E-state index contributed by atoms with van der Waals surface area (Å²) < 4.78 is 5.31. The Bertz CT molecular complexity index is 458. The molecule has 1 amide bonds.